The minimum Gasteiger partial charge on any atom is -0.497 e. The number of halogens is 2. The standard InChI is InChI=1S/C28H31BrFN3O5S/c1-19(2)31-28(35)20(3)32(17-21-6-5-7-22(29)16-21)27(34)18-33(24-10-8-23(30)9-11-24)39(36,37)26-14-12-25(38-4)13-15-26/h5-16,19-20H,17-18H2,1-4H3,(H,31,35)/t20-/m1/s1. The Morgan fingerprint density at radius 1 is 1.00 bits per heavy atom. The first-order chi connectivity index (χ1) is 18.4. The van der Waals surface area contributed by atoms with Crippen LogP contribution in [-0.4, -0.2) is 50.9 Å². The molecule has 2 amide bonds. The molecule has 0 bridgehead atoms. The van der Waals surface area contributed by atoms with Crippen LogP contribution in [0, 0.1) is 5.82 Å². The van der Waals surface area contributed by atoms with Crippen LogP contribution in [0.25, 0.3) is 0 Å². The van der Waals surface area contributed by atoms with Gasteiger partial charge in [0.1, 0.15) is 24.2 Å². The third-order valence-corrected chi connectivity index (χ3v) is 8.16. The van der Waals surface area contributed by atoms with E-state index < -0.39 is 34.3 Å². The number of sulfonamides is 1. The Balaban J connectivity index is 2.03. The molecule has 3 rings (SSSR count). The van der Waals surface area contributed by atoms with Crippen molar-refractivity contribution in [2.45, 2.75) is 44.3 Å². The number of carbonyl (C=O) groups excluding carboxylic acids is 2. The molecule has 0 saturated heterocycles. The topological polar surface area (TPSA) is 96.0 Å². The molecule has 0 aromatic heterocycles. The molecule has 0 saturated carbocycles. The van der Waals surface area contributed by atoms with Crippen LogP contribution in [0.2, 0.25) is 0 Å². The molecule has 3 aromatic carbocycles. The second-order valence-electron chi connectivity index (χ2n) is 9.15. The summed E-state index contributed by atoms with van der Waals surface area (Å²) in [6, 6.07) is 16.7. The van der Waals surface area contributed by atoms with Crippen LogP contribution in [0.4, 0.5) is 10.1 Å². The largest absolute Gasteiger partial charge is 0.497 e. The van der Waals surface area contributed by atoms with E-state index in [4.69, 9.17) is 4.74 Å². The van der Waals surface area contributed by atoms with Crippen LogP contribution in [0.5, 0.6) is 5.75 Å². The minimum absolute atomic E-state index is 0.0603. The number of nitrogens with one attached hydrogen (secondary N) is 1. The van der Waals surface area contributed by atoms with E-state index in [-0.39, 0.29) is 29.1 Å². The van der Waals surface area contributed by atoms with E-state index in [0.717, 1.165) is 26.5 Å². The first-order valence-corrected chi connectivity index (χ1v) is 14.4. The summed E-state index contributed by atoms with van der Waals surface area (Å²) >= 11 is 3.42. The molecule has 11 heteroatoms. The van der Waals surface area contributed by atoms with Crippen LogP contribution in [-0.2, 0) is 26.2 Å². The Morgan fingerprint density at radius 2 is 1.64 bits per heavy atom. The molecule has 1 atom stereocenters. The van der Waals surface area contributed by atoms with Crippen molar-refractivity contribution in [1.82, 2.24) is 10.2 Å². The SMILES string of the molecule is COc1ccc(S(=O)(=O)N(CC(=O)N(Cc2cccc(Br)c2)[C@H](C)C(=O)NC(C)C)c2ccc(F)cc2)cc1. The molecule has 8 nitrogen and oxygen atoms in total. The molecule has 0 aliphatic rings. The summed E-state index contributed by atoms with van der Waals surface area (Å²) in [4.78, 5) is 28.0. The molecular formula is C28H31BrFN3O5S. The molecule has 0 aliphatic heterocycles. The van der Waals surface area contributed by atoms with Crippen molar-refractivity contribution in [2.75, 3.05) is 18.0 Å². The van der Waals surface area contributed by atoms with E-state index in [2.05, 4.69) is 21.2 Å². The van der Waals surface area contributed by atoms with E-state index in [0.29, 0.717) is 5.75 Å². The molecule has 0 spiro atoms. The van der Waals surface area contributed by atoms with Gasteiger partial charge in [-0.1, -0.05) is 28.1 Å². The van der Waals surface area contributed by atoms with E-state index >= 15 is 0 Å². The highest BCUT2D eigenvalue weighted by atomic mass is 79.9. The van der Waals surface area contributed by atoms with Crippen LogP contribution >= 0.6 is 15.9 Å². The first-order valence-electron chi connectivity index (χ1n) is 12.2. The molecule has 3 aromatic rings. The molecule has 1 N–H and O–H groups in total. The van der Waals surface area contributed by atoms with Gasteiger partial charge >= 0.3 is 0 Å². The normalized spacial score (nSPS) is 12.1. The highest BCUT2D eigenvalue weighted by Crippen LogP contribution is 2.26. The second kappa shape index (κ2) is 13.1. The van der Waals surface area contributed by atoms with Crippen molar-refractivity contribution in [2.24, 2.45) is 0 Å². The summed E-state index contributed by atoms with van der Waals surface area (Å²) in [5.74, 6) is -1.08. The van der Waals surface area contributed by atoms with Crippen molar-refractivity contribution >= 4 is 43.5 Å². The van der Waals surface area contributed by atoms with E-state index in [1.54, 1.807) is 13.0 Å². The van der Waals surface area contributed by atoms with Crippen molar-refractivity contribution in [3.8, 4) is 5.75 Å². The lowest BCUT2D eigenvalue weighted by molar-refractivity contribution is -0.139. The molecule has 0 radical (unpaired) electrons. The zero-order valence-corrected chi connectivity index (χ0v) is 24.5. The van der Waals surface area contributed by atoms with Gasteiger partial charge in [-0.05, 0) is 87.0 Å². The molecule has 0 unspecified atom stereocenters. The lowest BCUT2D eigenvalue weighted by Crippen LogP contribution is -2.52. The maximum absolute atomic E-state index is 13.8. The Kier molecular flexibility index (Phi) is 10.1. The quantitative estimate of drug-likeness (QED) is 0.335. The summed E-state index contributed by atoms with van der Waals surface area (Å²) in [5.41, 5.74) is 0.843. The number of nitrogens with zero attached hydrogens (tertiary/aromatic N) is 2. The summed E-state index contributed by atoms with van der Waals surface area (Å²) in [6.45, 7) is 4.65. The average Bonchev–Trinajstić information content (AvgIpc) is 2.90. The monoisotopic (exact) mass is 619 g/mol. The molecule has 0 aliphatic carbocycles. The van der Waals surface area contributed by atoms with E-state index in [1.165, 1.54) is 48.4 Å². The Bertz CT molecular complexity index is 1400. The fraction of sp³-hybridized carbons (Fsp3) is 0.286. The van der Waals surface area contributed by atoms with E-state index in [1.807, 2.05) is 32.0 Å². The van der Waals surface area contributed by atoms with Crippen LogP contribution in [0.15, 0.2) is 82.2 Å². The van der Waals surface area contributed by atoms with Crippen molar-refractivity contribution in [1.29, 1.82) is 0 Å². The summed E-state index contributed by atoms with van der Waals surface area (Å²) in [6.07, 6.45) is 0. The fourth-order valence-electron chi connectivity index (χ4n) is 3.83. The third kappa shape index (κ3) is 7.79. The Labute approximate surface area is 236 Å². The van der Waals surface area contributed by atoms with Gasteiger partial charge in [-0.15, -0.1) is 0 Å². The number of benzene rings is 3. The molecule has 39 heavy (non-hydrogen) atoms. The highest BCUT2D eigenvalue weighted by molar-refractivity contribution is 9.10. The van der Waals surface area contributed by atoms with Gasteiger partial charge in [-0.2, -0.15) is 0 Å². The number of hydrogen-bond donors (Lipinski definition) is 1. The molecule has 0 heterocycles. The summed E-state index contributed by atoms with van der Waals surface area (Å²) in [5, 5.41) is 2.81. The van der Waals surface area contributed by atoms with Crippen LogP contribution in [0.3, 0.4) is 0 Å². The highest BCUT2D eigenvalue weighted by Gasteiger charge is 2.32. The minimum atomic E-state index is -4.27. The maximum Gasteiger partial charge on any atom is 0.264 e. The number of rotatable bonds is 11. The van der Waals surface area contributed by atoms with Crippen molar-refractivity contribution in [3.63, 3.8) is 0 Å². The van der Waals surface area contributed by atoms with Gasteiger partial charge in [0.15, 0.2) is 0 Å². The number of methoxy groups -OCH3 is 1. The Morgan fingerprint density at radius 3 is 2.21 bits per heavy atom. The van der Waals surface area contributed by atoms with Gasteiger partial charge < -0.3 is 15.0 Å². The van der Waals surface area contributed by atoms with Crippen LogP contribution < -0.4 is 14.4 Å². The number of ether oxygens (including phenoxy) is 1. The molecule has 0 fully saturated rings. The van der Waals surface area contributed by atoms with Gasteiger partial charge in [-0.3, -0.25) is 13.9 Å². The van der Waals surface area contributed by atoms with Crippen LogP contribution in [0.1, 0.15) is 26.3 Å². The zero-order valence-electron chi connectivity index (χ0n) is 22.1. The van der Waals surface area contributed by atoms with Gasteiger partial charge in [0.25, 0.3) is 10.0 Å². The fourth-order valence-corrected chi connectivity index (χ4v) is 5.69. The second-order valence-corrected chi connectivity index (χ2v) is 11.9. The number of carbonyl (C=O) groups is 2. The van der Waals surface area contributed by atoms with Crippen molar-refractivity contribution < 1.29 is 27.1 Å². The van der Waals surface area contributed by atoms with E-state index in [9.17, 15) is 22.4 Å². The smallest absolute Gasteiger partial charge is 0.264 e. The first kappa shape index (κ1) is 30.1. The van der Waals surface area contributed by atoms with Gasteiger partial charge in [0.2, 0.25) is 11.8 Å². The van der Waals surface area contributed by atoms with Gasteiger partial charge in [-0.25, -0.2) is 12.8 Å². The summed E-state index contributed by atoms with van der Waals surface area (Å²) < 4.78 is 48.1. The van der Waals surface area contributed by atoms with Crippen molar-refractivity contribution in [3.05, 3.63) is 88.6 Å². The Hall–Kier alpha value is -3.44. The number of amides is 2. The third-order valence-electron chi connectivity index (χ3n) is 5.88. The molecule has 208 valence electrons. The lowest BCUT2D eigenvalue weighted by Gasteiger charge is -2.32. The number of anilines is 1. The van der Waals surface area contributed by atoms with Gasteiger partial charge in [0, 0.05) is 17.1 Å². The summed E-state index contributed by atoms with van der Waals surface area (Å²) in [7, 11) is -2.80. The number of hydrogen-bond acceptors (Lipinski definition) is 5. The predicted molar refractivity (Wildman–Crippen MR) is 151 cm³/mol. The maximum atomic E-state index is 13.8. The average molecular weight is 621 g/mol. The zero-order chi connectivity index (χ0) is 28.7. The lowest BCUT2D eigenvalue weighted by atomic mass is 10.1. The predicted octanol–water partition coefficient (Wildman–Crippen LogP) is 4.73. The van der Waals surface area contributed by atoms with Gasteiger partial charge in [0.05, 0.1) is 17.7 Å². The molecular weight excluding hydrogens is 589 g/mol.